The SMILES string of the molecule is CCCC[C@H](CC)CC[C@H](C)OC(=O)c1ccccc1Cl. The Kier molecular flexibility index (Phi) is 8.44. The van der Waals surface area contributed by atoms with E-state index in [1.54, 1.807) is 18.2 Å². The normalized spacial score (nSPS) is 13.7. The van der Waals surface area contributed by atoms with Crippen LogP contribution in [-0.2, 0) is 4.74 Å². The van der Waals surface area contributed by atoms with Gasteiger partial charge in [0.2, 0.25) is 0 Å². The van der Waals surface area contributed by atoms with E-state index in [0.717, 1.165) is 18.8 Å². The van der Waals surface area contributed by atoms with Gasteiger partial charge in [0.25, 0.3) is 0 Å². The molecule has 0 saturated carbocycles. The van der Waals surface area contributed by atoms with Crippen molar-refractivity contribution in [3.05, 3.63) is 34.9 Å². The summed E-state index contributed by atoms with van der Waals surface area (Å²) in [6.07, 6.45) is 6.97. The number of carbonyl (C=O) groups excluding carboxylic acids is 1. The van der Waals surface area contributed by atoms with Crippen molar-refractivity contribution in [2.45, 2.75) is 65.4 Å². The fourth-order valence-electron chi connectivity index (χ4n) is 2.45. The Hall–Kier alpha value is -1.02. The van der Waals surface area contributed by atoms with Crippen molar-refractivity contribution in [1.29, 1.82) is 0 Å². The zero-order valence-electron chi connectivity index (χ0n) is 13.4. The molecule has 0 heterocycles. The van der Waals surface area contributed by atoms with Gasteiger partial charge in [0.15, 0.2) is 0 Å². The van der Waals surface area contributed by atoms with Gasteiger partial charge in [0.1, 0.15) is 0 Å². The van der Waals surface area contributed by atoms with Crippen molar-refractivity contribution >= 4 is 17.6 Å². The van der Waals surface area contributed by atoms with E-state index in [-0.39, 0.29) is 12.1 Å². The van der Waals surface area contributed by atoms with Gasteiger partial charge in [-0.25, -0.2) is 4.79 Å². The van der Waals surface area contributed by atoms with Crippen LogP contribution < -0.4 is 0 Å². The van der Waals surface area contributed by atoms with E-state index in [1.807, 2.05) is 13.0 Å². The molecular formula is C18H27ClO2. The summed E-state index contributed by atoms with van der Waals surface area (Å²) in [4.78, 5) is 12.1. The summed E-state index contributed by atoms with van der Waals surface area (Å²) in [5.74, 6) is 0.418. The van der Waals surface area contributed by atoms with E-state index in [2.05, 4.69) is 13.8 Å². The molecule has 0 radical (unpaired) electrons. The van der Waals surface area contributed by atoms with E-state index in [9.17, 15) is 4.79 Å². The van der Waals surface area contributed by atoms with Crippen molar-refractivity contribution < 1.29 is 9.53 Å². The highest BCUT2D eigenvalue weighted by Crippen LogP contribution is 2.21. The minimum atomic E-state index is -0.324. The second kappa shape index (κ2) is 9.83. The summed E-state index contributed by atoms with van der Waals surface area (Å²) in [5, 5.41) is 0.448. The van der Waals surface area contributed by atoms with Gasteiger partial charge in [-0.05, 0) is 37.8 Å². The van der Waals surface area contributed by atoms with E-state index >= 15 is 0 Å². The lowest BCUT2D eigenvalue weighted by Crippen LogP contribution is -2.16. The summed E-state index contributed by atoms with van der Waals surface area (Å²) in [7, 11) is 0. The lowest BCUT2D eigenvalue weighted by molar-refractivity contribution is 0.0310. The number of rotatable bonds is 9. The molecule has 0 aromatic heterocycles. The molecule has 0 unspecified atom stereocenters. The molecule has 3 heteroatoms. The Balaban J connectivity index is 2.41. The lowest BCUT2D eigenvalue weighted by Gasteiger charge is -2.18. The molecule has 1 rings (SSSR count). The van der Waals surface area contributed by atoms with E-state index in [1.165, 1.54) is 25.7 Å². The summed E-state index contributed by atoms with van der Waals surface area (Å²) in [6.45, 7) is 6.42. The summed E-state index contributed by atoms with van der Waals surface area (Å²) in [6, 6.07) is 7.02. The fourth-order valence-corrected chi connectivity index (χ4v) is 2.66. The van der Waals surface area contributed by atoms with Gasteiger partial charge in [0, 0.05) is 0 Å². The van der Waals surface area contributed by atoms with Crippen molar-refractivity contribution in [2.24, 2.45) is 5.92 Å². The molecule has 0 aliphatic carbocycles. The molecule has 0 amide bonds. The van der Waals surface area contributed by atoms with Crippen LogP contribution in [0.3, 0.4) is 0 Å². The molecule has 0 aliphatic heterocycles. The van der Waals surface area contributed by atoms with Gasteiger partial charge in [-0.1, -0.05) is 63.3 Å². The minimum absolute atomic E-state index is 0.0653. The van der Waals surface area contributed by atoms with Crippen molar-refractivity contribution in [2.75, 3.05) is 0 Å². The Bertz CT molecular complexity index is 431. The van der Waals surface area contributed by atoms with Crippen LogP contribution in [0.15, 0.2) is 24.3 Å². The summed E-state index contributed by atoms with van der Waals surface area (Å²) in [5.41, 5.74) is 0.448. The highest BCUT2D eigenvalue weighted by Gasteiger charge is 2.16. The summed E-state index contributed by atoms with van der Waals surface area (Å²) >= 11 is 6.01. The zero-order chi connectivity index (χ0) is 15.7. The molecule has 2 nitrogen and oxygen atoms in total. The van der Waals surface area contributed by atoms with Gasteiger partial charge in [-0.3, -0.25) is 0 Å². The Morgan fingerprint density at radius 2 is 1.90 bits per heavy atom. The fraction of sp³-hybridized carbons (Fsp3) is 0.611. The average molecular weight is 311 g/mol. The van der Waals surface area contributed by atoms with Crippen molar-refractivity contribution in [3.8, 4) is 0 Å². The number of ether oxygens (including phenoxy) is 1. The molecule has 0 bridgehead atoms. The molecule has 21 heavy (non-hydrogen) atoms. The van der Waals surface area contributed by atoms with Gasteiger partial charge in [0.05, 0.1) is 16.7 Å². The van der Waals surface area contributed by atoms with Crippen LogP contribution in [0.4, 0.5) is 0 Å². The molecule has 1 aromatic carbocycles. The Morgan fingerprint density at radius 1 is 1.19 bits per heavy atom. The molecule has 1 aromatic rings. The first-order valence-electron chi connectivity index (χ1n) is 8.03. The van der Waals surface area contributed by atoms with Gasteiger partial charge in [-0.15, -0.1) is 0 Å². The van der Waals surface area contributed by atoms with Gasteiger partial charge >= 0.3 is 5.97 Å². The first kappa shape index (κ1) is 18.0. The number of esters is 1. The van der Waals surface area contributed by atoms with Crippen LogP contribution in [0, 0.1) is 5.92 Å². The van der Waals surface area contributed by atoms with E-state index in [4.69, 9.17) is 16.3 Å². The third kappa shape index (κ3) is 6.52. The highest BCUT2D eigenvalue weighted by molar-refractivity contribution is 6.33. The molecule has 0 aliphatic rings. The number of unbranched alkanes of at least 4 members (excludes halogenated alkanes) is 1. The summed E-state index contributed by atoms with van der Waals surface area (Å²) < 4.78 is 5.49. The topological polar surface area (TPSA) is 26.3 Å². The van der Waals surface area contributed by atoms with Gasteiger partial charge in [-0.2, -0.15) is 0 Å². The van der Waals surface area contributed by atoms with E-state index in [0.29, 0.717) is 10.6 Å². The lowest BCUT2D eigenvalue weighted by atomic mass is 9.93. The smallest absolute Gasteiger partial charge is 0.339 e. The molecular weight excluding hydrogens is 284 g/mol. The predicted molar refractivity (Wildman–Crippen MR) is 88.9 cm³/mol. The molecule has 118 valence electrons. The van der Waals surface area contributed by atoms with Crippen LogP contribution in [0.5, 0.6) is 0 Å². The quantitative estimate of drug-likeness (QED) is 0.532. The highest BCUT2D eigenvalue weighted by atomic mass is 35.5. The number of benzene rings is 1. The largest absolute Gasteiger partial charge is 0.459 e. The van der Waals surface area contributed by atoms with Crippen molar-refractivity contribution in [1.82, 2.24) is 0 Å². The number of carbonyl (C=O) groups is 1. The van der Waals surface area contributed by atoms with Crippen LogP contribution in [-0.4, -0.2) is 12.1 Å². The Morgan fingerprint density at radius 3 is 2.52 bits per heavy atom. The van der Waals surface area contributed by atoms with Crippen molar-refractivity contribution in [3.63, 3.8) is 0 Å². The number of halogens is 1. The molecule has 0 fully saturated rings. The number of hydrogen-bond donors (Lipinski definition) is 0. The van der Waals surface area contributed by atoms with Gasteiger partial charge < -0.3 is 4.74 Å². The standard InChI is InChI=1S/C18H27ClO2/c1-4-6-9-15(5-2)13-12-14(3)21-18(20)16-10-7-8-11-17(16)19/h7-8,10-11,14-15H,4-6,9,12-13H2,1-3H3/t14-,15-/m0/s1. The van der Waals surface area contributed by atoms with Crippen LogP contribution in [0.1, 0.15) is 69.7 Å². The van der Waals surface area contributed by atoms with Crippen LogP contribution in [0.25, 0.3) is 0 Å². The molecule has 2 atom stereocenters. The Labute approximate surface area is 133 Å². The maximum Gasteiger partial charge on any atom is 0.339 e. The van der Waals surface area contributed by atoms with Crippen LogP contribution in [0.2, 0.25) is 5.02 Å². The second-order valence-corrected chi connectivity index (χ2v) is 6.10. The van der Waals surface area contributed by atoms with E-state index < -0.39 is 0 Å². The second-order valence-electron chi connectivity index (χ2n) is 5.69. The van der Waals surface area contributed by atoms with Crippen LogP contribution >= 0.6 is 11.6 Å². The zero-order valence-corrected chi connectivity index (χ0v) is 14.2. The maximum absolute atomic E-state index is 12.1. The minimum Gasteiger partial charge on any atom is -0.459 e. The molecule has 0 saturated heterocycles. The monoisotopic (exact) mass is 310 g/mol. The average Bonchev–Trinajstić information content (AvgIpc) is 2.47. The predicted octanol–water partition coefficient (Wildman–Crippen LogP) is 5.88. The maximum atomic E-state index is 12.1. The first-order valence-corrected chi connectivity index (χ1v) is 8.41. The molecule has 0 N–H and O–H groups in total. The first-order chi connectivity index (χ1) is 10.1. The third-order valence-electron chi connectivity index (χ3n) is 3.93. The number of hydrogen-bond acceptors (Lipinski definition) is 2. The molecule has 0 spiro atoms. The third-order valence-corrected chi connectivity index (χ3v) is 4.26.